The van der Waals surface area contributed by atoms with E-state index in [1.54, 1.807) is 6.07 Å². The van der Waals surface area contributed by atoms with Crippen LogP contribution in [0, 0.1) is 11.3 Å². The predicted octanol–water partition coefficient (Wildman–Crippen LogP) is 3.42. The number of anilines is 1. The van der Waals surface area contributed by atoms with Gasteiger partial charge >= 0.3 is 5.97 Å². The number of nitrogens with zero attached hydrogens (tertiary/aromatic N) is 1. The van der Waals surface area contributed by atoms with Gasteiger partial charge < -0.3 is 10.4 Å². The fourth-order valence-corrected chi connectivity index (χ4v) is 2.66. The van der Waals surface area contributed by atoms with Gasteiger partial charge in [-0.15, -0.1) is 0 Å². The third-order valence-electron chi connectivity index (χ3n) is 1.89. The minimum absolute atomic E-state index is 0.0240. The Morgan fingerprint density at radius 3 is 2.56 bits per heavy atom. The van der Waals surface area contributed by atoms with Crippen molar-refractivity contribution < 1.29 is 14.7 Å². The van der Waals surface area contributed by atoms with E-state index in [-0.39, 0.29) is 22.7 Å². The summed E-state index contributed by atoms with van der Waals surface area (Å²) in [6.45, 7) is 0. The van der Waals surface area contributed by atoms with Crippen molar-refractivity contribution in [2.75, 3.05) is 5.32 Å². The van der Waals surface area contributed by atoms with Gasteiger partial charge in [-0.05, 0) is 37.9 Å². The summed E-state index contributed by atoms with van der Waals surface area (Å²) in [7, 11) is 0. The molecule has 0 fully saturated rings. The normalized spacial score (nSPS) is 9.67. The first-order chi connectivity index (χ1) is 8.38. The number of benzene rings is 1. The van der Waals surface area contributed by atoms with E-state index < -0.39 is 11.9 Å². The van der Waals surface area contributed by atoms with Crippen LogP contribution in [0.2, 0.25) is 5.02 Å². The number of carboxylic acid groups (broad SMARTS) is 1. The highest BCUT2D eigenvalue weighted by molar-refractivity contribution is 9.11. The number of hydrogen-bond acceptors (Lipinski definition) is 3. The molecule has 0 heterocycles. The number of nitrogens with one attached hydrogen (secondary N) is 1. The molecule has 0 unspecified atom stereocenters. The van der Waals surface area contributed by atoms with E-state index in [1.165, 1.54) is 6.07 Å². The lowest BCUT2D eigenvalue weighted by Crippen LogP contribution is -2.15. The third-order valence-corrected chi connectivity index (χ3v) is 3.76. The van der Waals surface area contributed by atoms with Crippen LogP contribution in [0.1, 0.15) is 16.8 Å². The van der Waals surface area contributed by atoms with Crippen molar-refractivity contribution in [2.45, 2.75) is 6.42 Å². The lowest BCUT2D eigenvalue weighted by atomic mass is 10.1. The van der Waals surface area contributed by atoms with Gasteiger partial charge in [0.1, 0.15) is 12.0 Å². The van der Waals surface area contributed by atoms with Gasteiger partial charge in [0.2, 0.25) is 5.91 Å². The summed E-state index contributed by atoms with van der Waals surface area (Å²) in [6, 6.07) is 3.18. The fraction of sp³-hybridized carbons (Fsp3) is 0.100. The summed E-state index contributed by atoms with van der Waals surface area (Å²) in [6.07, 6.45) is -0.376. The van der Waals surface area contributed by atoms with Gasteiger partial charge in [-0.3, -0.25) is 4.79 Å². The van der Waals surface area contributed by atoms with Gasteiger partial charge in [0.05, 0.1) is 16.8 Å². The molecule has 2 N–H and O–H groups in total. The van der Waals surface area contributed by atoms with Crippen molar-refractivity contribution in [1.82, 2.24) is 0 Å². The summed E-state index contributed by atoms with van der Waals surface area (Å²) < 4.78 is 0.731. The van der Waals surface area contributed by atoms with Crippen molar-refractivity contribution in [3.05, 3.63) is 25.6 Å². The summed E-state index contributed by atoms with van der Waals surface area (Å²) >= 11 is 12.1. The highest BCUT2D eigenvalue weighted by Crippen LogP contribution is 2.37. The Morgan fingerprint density at radius 2 is 2.06 bits per heavy atom. The number of rotatable bonds is 3. The van der Waals surface area contributed by atoms with Gasteiger partial charge in [-0.1, -0.05) is 11.6 Å². The van der Waals surface area contributed by atoms with Crippen LogP contribution in [0.4, 0.5) is 5.69 Å². The van der Waals surface area contributed by atoms with Gasteiger partial charge in [-0.25, -0.2) is 4.79 Å². The Kier molecular flexibility index (Phi) is 5.14. The maximum absolute atomic E-state index is 11.3. The summed E-state index contributed by atoms with van der Waals surface area (Å²) in [5.41, 5.74) is -0.222. The van der Waals surface area contributed by atoms with Crippen molar-refractivity contribution in [1.29, 1.82) is 5.26 Å². The maximum atomic E-state index is 11.3. The van der Waals surface area contributed by atoms with Gasteiger partial charge in [0.25, 0.3) is 0 Å². The van der Waals surface area contributed by atoms with Crippen LogP contribution in [0.15, 0.2) is 15.0 Å². The van der Waals surface area contributed by atoms with Gasteiger partial charge in [0.15, 0.2) is 0 Å². The predicted molar refractivity (Wildman–Crippen MR) is 72.7 cm³/mol. The lowest BCUT2D eigenvalue weighted by molar-refractivity contribution is -0.115. The smallest absolute Gasteiger partial charge is 0.339 e. The fourth-order valence-electron chi connectivity index (χ4n) is 1.17. The molecule has 0 spiro atoms. The number of amides is 1. The summed E-state index contributed by atoms with van der Waals surface area (Å²) in [5, 5.41) is 19.8. The minimum atomic E-state index is -1.28. The number of nitriles is 1. The third kappa shape index (κ3) is 3.22. The van der Waals surface area contributed by atoms with E-state index in [4.69, 9.17) is 22.0 Å². The van der Waals surface area contributed by atoms with Crippen LogP contribution >= 0.6 is 43.5 Å². The number of hydrogen-bond donors (Lipinski definition) is 2. The molecule has 1 amide bonds. The molecule has 94 valence electrons. The summed E-state index contributed by atoms with van der Waals surface area (Å²) in [5.74, 6) is -1.90. The van der Waals surface area contributed by atoms with Crippen LogP contribution in [-0.2, 0) is 4.79 Å². The second kappa shape index (κ2) is 6.18. The Morgan fingerprint density at radius 1 is 1.44 bits per heavy atom. The molecule has 0 saturated carbocycles. The Balaban J connectivity index is 3.34. The highest BCUT2D eigenvalue weighted by Gasteiger charge is 2.21. The number of aromatic carboxylic acids is 1. The van der Waals surface area contributed by atoms with Crippen LogP contribution in [0.5, 0.6) is 0 Å². The molecule has 0 aromatic heterocycles. The average Bonchev–Trinajstić information content (AvgIpc) is 2.25. The average molecular weight is 396 g/mol. The van der Waals surface area contributed by atoms with Gasteiger partial charge in [0, 0.05) is 8.95 Å². The number of carbonyl (C=O) groups is 2. The van der Waals surface area contributed by atoms with Crippen molar-refractivity contribution in [2.24, 2.45) is 0 Å². The van der Waals surface area contributed by atoms with E-state index >= 15 is 0 Å². The molecule has 1 aromatic rings. The molecule has 18 heavy (non-hydrogen) atoms. The molecule has 0 aliphatic carbocycles. The van der Waals surface area contributed by atoms with Crippen molar-refractivity contribution in [3.63, 3.8) is 0 Å². The molecule has 8 heteroatoms. The van der Waals surface area contributed by atoms with Crippen LogP contribution < -0.4 is 5.32 Å². The number of halogens is 3. The van der Waals surface area contributed by atoms with E-state index in [0.717, 1.165) is 0 Å². The first-order valence-corrected chi connectivity index (χ1v) is 6.42. The number of carboxylic acids is 1. The van der Waals surface area contributed by atoms with Crippen LogP contribution in [0.25, 0.3) is 0 Å². The second-order valence-electron chi connectivity index (χ2n) is 3.09. The van der Waals surface area contributed by atoms with Gasteiger partial charge in [-0.2, -0.15) is 5.26 Å². The molecule has 0 radical (unpaired) electrons. The molecular formula is C10H5Br2ClN2O3. The van der Waals surface area contributed by atoms with E-state index in [0.29, 0.717) is 8.95 Å². The molecule has 0 bridgehead atoms. The molecule has 0 saturated heterocycles. The van der Waals surface area contributed by atoms with Crippen molar-refractivity contribution >= 4 is 61.0 Å². The Bertz CT molecular complexity index is 569. The largest absolute Gasteiger partial charge is 0.478 e. The molecule has 0 atom stereocenters. The molecule has 1 aromatic carbocycles. The minimum Gasteiger partial charge on any atom is -0.478 e. The van der Waals surface area contributed by atoms with E-state index in [1.807, 2.05) is 0 Å². The first-order valence-electron chi connectivity index (χ1n) is 4.46. The Hall–Kier alpha value is -1.10. The quantitative estimate of drug-likeness (QED) is 0.766. The van der Waals surface area contributed by atoms with Crippen LogP contribution in [-0.4, -0.2) is 17.0 Å². The second-order valence-corrected chi connectivity index (χ2v) is 5.18. The SMILES string of the molecule is N#CCC(=O)Nc1c(Br)cc(Br)c(Cl)c1C(=O)O. The zero-order chi connectivity index (χ0) is 13.9. The lowest BCUT2D eigenvalue weighted by Gasteiger charge is -2.12. The van der Waals surface area contributed by atoms with E-state index in [9.17, 15) is 9.59 Å². The molecular weight excluding hydrogens is 391 g/mol. The first kappa shape index (κ1) is 15.0. The zero-order valence-electron chi connectivity index (χ0n) is 8.63. The monoisotopic (exact) mass is 394 g/mol. The standard InChI is InChI=1S/C10H5Br2ClN2O3/c11-4-3-5(12)9(15-6(16)1-2-14)7(8(4)13)10(17)18/h3H,1H2,(H,15,16)(H,17,18). The summed E-state index contributed by atoms with van der Waals surface area (Å²) in [4.78, 5) is 22.5. The Labute approximate surface area is 124 Å². The molecule has 5 nitrogen and oxygen atoms in total. The van der Waals surface area contributed by atoms with Crippen molar-refractivity contribution in [3.8, 4) is 6.07 Å². The topological polar surface area (TPSA) is 90.2 Å². The molecule has 1 rings (SSSR count). The van der Waals surface area contributed by atoms with Crippen LogP contribution in [0.3, 0.4) is 0 Å². The maximum Gasteiger partial charge on any atom is 0.339 e. The number of carbonyl (C=O) groups excluding carboxylic acids is 1. The molecule has 0 aliphatic rings. The highest BCUT2D eigenvalue weighted by atomic mass is 79.9. The zero-order valence-corrected chi connectivity index (χ0v) is 12.6. The van der Waals surface area contributed by atoms with E-state index in [2.05, 4.69) is 37.2 Å². The molecule has 0 aliphatic heterocycles.